The Bertz CT molecular complexity index is 1330. The van der Waals surface area contributed by atoms with Crippen molar-refractivity contribution < 1.29 is 9.59 Å². The van der Waals surface area contributed by atoms with Gasteiger partial charge in [0.1, 0.15) is 5.82 Å². The molecule has 0 unspecified atom stereocenters. The molecule has 3 heterocycles. The van der Waals surface area contributed by atoms with Crippen LogP contribution in [-0.2, 0) is 17.6 Å². The summed E-state index contributed by atoms with van der Waals surface area (Å²) >= 11 is 0. The monoisotopic (exact) mass is 513 g/mol. The minimum Gasteiger partial charge on any atom is -0.340 e. The highest BCUT2D eigenvalue weighted by Gasteiger charge is 2.25. The number of aromatic nitrogens is 2. The van der Waals surface area contributed by atoms with Crippen molar-refractivity contribution in [3.8, 4) is 0 Å². The molecule has 1 fully saturated rings. The molecular formula is C29H35N7O2. The third kappa shape index (κ3) is 6.04. The molecule has 1 aromatic heterocycles. The van der Waals surface area contributed by atoms with E-state index in [1.165, 1.54) is 5.56 Å². The highest BCUT2D eigenvalue weighted by molar-refractivity contribution is 5.92. The van der Waals surface area contributed by atoms with Gasteiger partial charge in [-0.1, -0.05) is 12.1 Å². The number of amides is 3. The first-order valence-corrected chi connectivity index (χ1v) is 13.2. The van der Waals surface area contributed by atoms with Crippen LogP contribution in [0.2, 0.25) is 0 Å². The molecular weight excluding hydrogens is 478 g/mol. The lowest BCUT2D eigenvalue weighted by atomic mass is 9.93. The van der Waals surface area contributed by atoms with Gasteiger partial charge in [-0.15, -0.1) is 0 Å². The molecule has 0 spiro atoms. The minimum atomic E-state index is 0.0183. The molecule has 9 nitrogen and oxygen atoms in total. The topological polar surface area (TPSA) is 102 Å². The van der Waals surface area contributed by atoms with Crippen molar-refractivity contribution >= 4 is 40.8 Å². The number of carbonyl (C=O) groups excluding carboxylic acids is 2. The molecule has 0 radical (unpaired) electrons. The predicted molar refractivity (Wildman–Crippen MR) is 150 cm³/mol. The summed E-state index contributed by atoms with van der Waals surface area (Å²) in [5, 5.41) is 9.91. The fourth-order valence-electron chi connectivity index (χ4n) is 5.05. The lowest BCUT2D eigenvalue weighted by Gasteiger charge is -2.33. The molecule has 3 amide bonds. The SMILES string of the molecule is Cc1cnc2nc1Nc1ccc(NC(=O)CC3CCN(C(=O)N(C)C)CC3)c(c1)CCc1cccc(c1)N2. The third-order valence-corrected chi connectivity index (χ3v) is 7.22. The standard InChI is InChI=1S/C29H35N7O2/c1-19-18-30-28-32-23-6-4-5-20(15-23)7-8-22-17-24(31-27(19)34-28)9-10-25(22)33-26(37)16-21-11-13-36(14-12-21)29(38)35(2)3/h4-6,9-10,15,17-18,21H,7-8,11-14,16H2,1-3H3,(H,33,37)(H2,30,31,32,34). The Hall–Kier alpha value is -4.14. The van der Waals surface area contributed by atoms with E-state index >= 15 is 0 Å². The van der Waals surface area contributed by atoms with E-state index in [-0.39, 0.29) is 17.9 Å². The number of aryl methyl sites for hydroxylation is 3. The lowest BCUT2D eigenvalue weighted by molar-refractivity contribution is -0.117. The number of rotatable bonds is 3. The number of fused-ring (bicyclic) bond motifs is 6. The van der Waals surface area contributed by atoms with Gasteiger partial charge in [-0.3, -0.25) is 4.79 Å². The molecule has 0 saturated carbocycles. The summed E-state index contributed by atoms with van der Waals surface area (Å²) in [6.07, 6.45) is 5.55. The molecule has 2 aliphatic heterocycles. The Morgan fingerprint density at radius 1 is 1.05 bits per heavy atom. The zero-order chi connectivity index (χ0) is 26.6. The lowest BCUT2D eigenvalue weighted by Crippen LogP contribution is -2.44. The quantitative estimate of drug-likeness (QED) is 0.451. The highest BCUT2D eigenvalue weighted by atomic mass is 16.2. The fourth-order valence-corrected chi connectivity index (χ4v) is 5.05. The van der Waals surface area contributed by atoms with Crippen LogP contribution in [0.4, 0.5) is 33.6 Å². The van der Waals surface area contributed by atoms with Crippen molar-refractivity contribution in [2.24, 2.45) is 5.92 Å². The molecule has 6 bridgehead atoms. The zero-order valence-electron chi connectivity index (χ0n) is 22.3. The number of carbonyl (C=O) groups is 2. The molecule has 0 aliphatic carbocycles. The van der Waals surface area contributed by atoms with E-state index in [4.69, 9.17) is 0 Å². The number of urea groups is 1. The van der Waals surface area contributed by atoms with E-state index in [2.05, 4.69) is 44.1 Å². The summed E-state index contributed by atoms with van der Waals surface area (Å²) in [4.78, 5) is 37.8. The summed E-state index contributed by atoms with van der Waals surface area (Å²) in [5.74, 6) is 1.57. The van der Waals surface area contributed by atoms with Crippen LogP contribution in [-0.4, -0.2) is 58.9 Å². The van der Waals surface area contributed by atoms with Crippen LogP contribution in [0.5, 0.6) is 0 Å². The molecule has 3 aromatic rings. The second-order valence-corrected chi connectivity index (χ2v) is 10.4. The first-order valence-electron chi connectivity index (χ1n) is 13.2. The van der Waals surface area contributed by atoms with Crippen LogP contribution in [0.25, 0.3) is 0 Å². The van der Waals surface area contributed by atoms with E-state index in [9.17, 15) is 9.59 Å². The normalized spacial score (nSPS) is 15.2. The van der Waals surface area contributed by atoms with Crippen molar-refractivity contribution in [3.05, 3.63) is 65.4 Å². The number of nitrogens with one attached hydrogen (secondary N) is 3. The van der Waals surface area contributed by atoms with Crippen molar-refractivity contribution in [3.63, 3.8) is 0 Å². The van der Waals surface area contributed by atoms with Gasteiger partial charge in [0.15, 0.2) is 0 Å². The van der Waals surface area contributed by atoms with Crippen molar-refractivity contribution in [2.75, 3.05) is 43.1 Å². The zero-order valence-corrected chi connectivity index (χ0v) is 22.3. The Morgan fingerprint density at radius 3 is 2.63 bits per heavy atom. The van der Waals surface area contributed by atoms with Gasteiger partial charge in [-0.25, -0.2) is 9.78 Å². The van der Waals surface area contributed by atoms with Crippen LogP contribution in [0.3, 0.4) is 0 Å². The van der Waals surface area contributed by atoms with E-state index < -0.39 is 0 Å². The smallest absolute Gasteiger partial charge is 0.319 e. The number of benzene rings is 2. The van der Waals surface area contributed by atoms with Gasteiger partial charge in [0.05, 0.1) is 0 Å². The number of anilines is 5. The summed E-state index contributed by atoms with van der Waals surface area (Å²) in [6.45, 7) is 3.36. The predicted octanol–water partition coefficient (Wildman–Crippen LogP) is 5.09. The van der Waals surface area contributed by atoms with Crippen LogP contribution in [0.15, 0.2) is 48.7 Å². The summed E-state index contributed by atoms with van der Waals surface area (Å²) in [7, 11) is 3.54. The average molecular weight is 514 g/mol. The third-order valence-electron chi connectivity index (χ3n) is 7.22. The number of hydrogen-bond acceptors (Lipinski definition) is 6. The van der Waals surface area contributed by atoms with E-state index in [1.807, 2.05) is 36.1 Å². The van der Waals surface area contributed by atoms with Crippen LogP contribution >= 0.6 is 0 Å². The summed E-state index contributed by atoms with van der Waals surface area (Å²) in [6, 6.07) is 14.3. The first kappa shape index (κ1) is 25.5. The largest absolute Gasteiger partial charge is 0.340 e. The molecule has 1 saturated heterocycles. The van der Waals surface area contributed by atoms with E-state index in [0.29, 0.717) is 25.5 Å². The van der Waals surface area contributed by atoms with E-state index in [0.717, 1.165) is 59.7 Å². The number of piperidine rings is 1. The molecule has 9 heteroatoms. The maximum atomic E-state index is 13.1. The number of nitrogens with zero attached hydrogens (tertiary/aromatic N) is 4. The molecule has 38 heavy (non-hydrogen) atoms. The van der Waals surface area contributed by atoms with Gasteiger partial charge in [0.2, 0.25) is 11.9 Å². The van der Waals surface area contributed by atoms with Crippen molar-refractivity contribution in [1.29, 1.82) is 0 Å². The fraction of sp³-hybridized carbons (Fsp3) is 0.379. The van der Waals surface area contributed by atoms with Gasteiger partial charge in [0, 0.05) is 62.4 Å². The average Bonchev–Trinajstić information content (AvgIpc) is 2.91. The number of hydrogen-bond donors (Lipinski definition) is 3. The molecule has 2 aliphatic rings. The van der Waals surface area contributed by atoms with Gasteiger partial charge in [0.25, 0.3) is 0 Å². The van der Waals surface area contributed by atoms with Crippen LogP contribution in [0.1, 0.15) is 36.0 Å². The van der Waals surface area contributed by atoms with Crippen molar-refractivity contribution in [2.45, 2.75) is 39.0 Å². The maximum Gasteiger partial charge on any atom is 0.319 e. The molecule has 198 valence electrons. The summed E-state index contributed by atoms with van der Waals surface area (Å²) < 4.78 is 0. The summed E-state index contributed by atoms with van der Waals surface area (Å²) in [5.41, 5.74) is 5.89. The molecule has 3 N–H and O–H groups in total. The number of likely N-dealkylation sites (tertiary alicyclic amines) is 1. The Balaban J connectivity index is 1.32. The van der Waals surface area contributed by atoms with Gasteiger partial charge >= 0.3 is 6.03 Å². The minimum absolute atomic E-state index is 0.0183. The Morgan fingerprint density at radius 2 is 1.84 bits per heavy atom. The van der Waals surface area contributed by atoms with Crippen molar-refractivity contribution in [1.82, 2.24) is 19.8 Å². The Labute approximate surface area is 223 Å². The van der Waals surface area contributed by atoms with E-state index in [1.54, 1.807) is 25.2 Å². The second-order valence-electron chi connectivity index (χ2n) is 10.4. The van der Waals surface area contributed by atoms with Crippen LogP contribution < -0.4 is 16.0 Å². The molecule has 0 atom stereocenters. The van der Waals surface area contributed by atoms with Gasteiger partial charge in [-0.2, -0.15) is 4.98 Å². The van der Waals surface area contributed by atoms with Crippen LogP contribution in [0, 0.1) is 12.8 Å². The van der Waals surface area contributed by atoms with Gasteiger partial charge in [-0.05, 0) is 80.0 Å². The Kier molecular flexibility index (Phi) is 7.44. The molecule has 2 aromatic carbocycles. The van der Waals surface area contributed by atoms with Gasteiger partial charge < -0.3 is 25.8 Å². The molecule has 5 rings (SSSR count). The first-order chi connectivity index (χ1) is 18.3. The highest BCUT2D eigenvalue weighted by Crippen LogP contribution is 2.29. The maximum absolute atomic E-state index is 13.1. The second kappa shape index (κ2) is 11.1.